The highest BCUT2D eigenvalue weighted by Gasteiger charge is 2.22. The van der Waals surface area contributed by atoms with Crippen LogP contribution >= 0.6 is 47.1 Å². The molecule has 1 aliphatic heterocycles. The topological polar surface area (TPSA) is 39.7 Å². The molecular formula is C17H31IN4S2. The van der Waals surface area contributed by atoms with Crippen molar-refractivity contribution in [3.8, 4) is 0 Å². The third-order valence-corrected chi connectivity index (χ3v) is 6.76. The minimum atomic E-state index is 0. The summed E-state index contributed by atoms with van der Waals surface area (Å²) in [6.45, 7) is 10.8. The molecule has 2 N–H and O–H groups in total. The number of nitrogens with zero attached hydrogens (tertiary/aromatic N) is 2. The summed E-state index contributed by atoms with van der Waals surface area (Å²) in [6.07, 6.45) is 3.33. The fourth-order valence-corrected chi connectivity index (χ4v) is 3.72. The van der Waals surface area contributed by atoms with Crippen LogP contribution in [0.2, 0.25) is 0 Å². The lowest BCUT2D eigenvalue weighted by atomic mass is 10.1. The van der Waals surface area contributed by atoms with Gasteiger partial charge in [0.2, 0.25) is 0 Å². The molecule has 138 valence electrons. The SMILES string of the molecule is CN=C(NCC(C)N1CCc2sccc2C1)NCC(C)(C)SC.I. The van der Waals surface area contributed by atoms with Gasteiger partial charge in [-0.05, 0) is 50.5 Å². The van der Waals surface area contributed by atoms with E-state index in [0.717, 1.165) is 32.1 Å². The van der Waals surface area contributed by atoms with Gasteiger partial charge in [0.05, 0.1) is 0 Å². The molecule has 0 aliphatic carbocycles. The summed E-state index contributed by atoms with van der Waals surface area (Å²) in [5.74, 6) is 0.896. The van der Waals surface area contributed by atoms with Crippen molar-refractivity contribution in [2.24, 2.45) is 4.99 Å². The van der Waals surface area contributed by atoms with Gasteiger partial charge in [0.25, 0.3) is 0 Å². The number of thiophene rings is 1. The zero-order chi connectivity index (χ0) is 16.9. The van der Waals surface area contributed by atoms with Crippen LogP contribution in [0.4, 0.5) is 0 Å². The summed E-state index contributed by atoms with van der Waals surface area (Å²) in [5, 5.41) is 9.12. The van der Waals surface area contributed by atoms with Gasteiger partial charge >= 0.3 is 0 Å². The Labute approximate surface area is 172 Å². The van der Waals surface area contributed by atoms with Crippen LogP contribution in [0.25, 0.3) is 0 Å². The van der Waals surface area contributed by atoms with Crippen LogP contribution in [-0.4, -0.2) is 54.6 Å². The number of hydrogen-bond acceptors (Lipinski definition) is 4. The first kappa shape index (κ1) is 22.1. The Morgan fingerprint density at radius 2 is 2.21 bits per heavy atom. The van der Waals surface area contributed by atoms with Crippen molar-refractivity contribution in [1.29, 1.82) is 0 Å². The van der Waals surface area contributed by atoms with Crippen molar-refractivity contribution in [3.05, 3.63) is 21.9 Å². The molecule has 0 radical (unpaired) electrons. The molecule has 0 amide bonds. The molecule has 1 atom stereocenters. The first-order chi connectivity index (χ1) is 10.9. The maximum absolute atomic E-state index is 4.34. The highest BCUT2D eigenvalue weighted by Crippen LogP contribution is 2.25. The van der Waals surface area contributed by atoms with Crippen molar-refractivity contribution in [2.45, 2.75) is 44.5 Å². The molecule has 1 unspecified atom stereocenters. The number of guanidine groups is 1. The standard InChI is InChI=1S/C17H30N4S2.HI/c1-13(21-8-6-15-14(11-21)7-9-23-15)10-19-16(18-4)20-12-17(2,3)22-5;/h7,9,13H,6,8,10-12H2,1-5H3,(H2,18,19,20);1H. The maximum Gasteiger partial charge on any atom is 0.191 e. The molecule has 1 aromatic rings. The van der Waals surface area contributed by atoms with E-state index in [9.17, 15) is 0 Å². The Morgan fingerprint density at radius 3 is 2.88 bits per heavy atom. The maximum atomic E-state index is 4.34. The van der Waals surface area contributed by atoms with Crippen LogP contribution in [0.5, 0.6) is 0 Å². The smallest absolute Gasteiger partial charge is 0.191 e. The Balaban J connectivity index is 0.00000288. The molecule has 2 rings (SSSR count). The number of fused-ring (bicyclic) bond motifs is 1. The van der Waals surface area contributed by atoms with Gasteiger partial charge in [-0.3, -0.25) is 9.89 Å². The molecular weight excluding hydrogens is 451 g/mol. The van der Waals surface area contributed by atoms with Crippen LogP contribution in [-0.2, 0) is 13.0 Å². The molecule has 0 saturated carbocycles. The molecule has 2 heterocycles. The summed E-state index contributed by atoms with van der Waals surface area (Å²) in [5.41, 5.74) is 1.51. The quantitative estimate of drug-likeness (QED) is 0.371. The average molecular weight is 483 g/mol. The Hall–Kier alpha value is 0.01000. The van der Waals surface area contributed by atoms with Gasteiger partial charge in [0.15, 0.2) is 5.96 Å². The normalized spacial score (nSPS) is 17.0. The number of halogens is 1. The van der Waals surface area contributed by atoms with E-state index in [2.05, 4.69) is 59.0 Å². The minimum absolute atomic E-state index is 0. The van der Waals surface area contributed by atoms with E-state index in [1.165, 1.54) is 12.0 Å². The molecule has 0 fully saturated rings. The number of aliphatic imine (C=N–C) groups is 1. The van der Waals surface area contributed by atoms with E-state index < -0.39 is 0 Å². The largest absolute Gasteiger partial charge is 0.355 e. The predicted octanol–water partition coefficient (Wildman–Crippen LogP) is 3.42. The molecule has 0 saturated heterocycles. The van der Waals surface area contributed by atoms with Crippen LogP contribution in [0.15, 0.2) is 16.4 Å². The summed E-state index contributed by atoms with van der Waals surface area (Å²) >= 11 is 3.77. The highest BCUT2D eigenvalue weighted by molar-refractivity contribution is 14.0. The number of thioether (sulfide) groups is 1. The zero-order valence-electron chi connectivity index (χ0n) is 15.4. The lowest BCUT2D eigenvalue weighted by molar-refractivity contribution is 0.192. The van der Waals surface area contributed by atoms with Gasteiger partial charge in [-0.2, -0.15) is 11.8 Å². The fourth-order valence-electron chi connectivity index (χ4n) is 2.61. The third kappa shape index (κ3) is 6.38. The summed E-state index contributed by atoms with van der Waals surface area (Å²) in [6, 6.07) is 2.77. The minimum Gasteiger partial charge on any atom is -0.355 e. The monoisotopic (exact) mass is 482 g/mol. The second-order valence-electron chi connectivity index (χ2n) is 6.71. The van der Waals surface area contributed by atoms with Crippen molar-refractivity contribution in [3.63, 3.8) is 0 Å². The van der Waals surface area contributed by atoms with Crippen molar-refractivity contribution < 1.29 is 0 Å². The zero-order valence-corrected chi connectivity index (χ0v) is 19.4. The fraction of sp³-hybridized carbons (Fsp3) is 0.706. The molecule has 1 aliphatic rings. The Kier molecular flexibility index (Phi) is 9.40. The van der Waals surface area contributed by atoms with Crippen LogP contribution in [0.3, 0.4) is 0 Å². The summed E-state index contributed by atoms with van der Waals surface area (Å²) in [7, 11) is 1.84. The number of nitrogens with one attached hydrogen (secondary N) is 2. The van der Waals surface area contributed by atoms with E-state index in [4.69, 9.17) is 0 Å². The lowest BCUT2D eigenvalue weighted by Gasteiger charge is -2.33. The molecule has 0 aromatic carbocycles. The lowest BCUT2D eigenvalue weighted by Crippen LogP contribution is -2.48. The average Bonchev–Trinajstić information content (AvgIpc) is 3.02. The second-order valence-corrected chi connectivity index (χ2v) is 9.22. The molecule has 4 nitrogen and oxygen atoms in total. The first-order valence-corrected chi connectivity index (χ1v) is 10.3. The Bertz CT molecular complexity index is 530. The van der Waals surface area contributed by atoms with Crippen LogP contribution in [0.1, 0.15) is 31.2 Å². The van der Waals surface area contributed by atoms with E-state index in [-0.39, 0.29) is 28.7 Å². The van der Waals surface area contributed by atoms with Crippen LogP contribution < -0.4 is 10.6 Å². The molecule has 7 heteroatoms. The molecule has 0 bridgehead atoms. The first-order valence-electron chi connectivity index (χ1n) is 8.24. The van der Waals surface area contributed by atoms with Gasteiger partial charge in [0.1, 0.15) is 0 Å². The molecule has 1 aromatic heterocycles. The van der Waals surface area contributed by atoms with E-state index in [1.807, 2.05) is 30.1 Å². The van der Waals surface area contributed by atoms with Gasteiger partial charge in [-0.15, -0.1) is 35.3 Å². The van der Waals surface area contributed by atoms with Crippen molar-refractivity contribution in [1.82, 2.24) is 15.5 Å². The predicted molar refractivity (Wildman–Crippen MR) is 120 cm³/mol. The number of hydrogen-bond donors (Lipinski definition) is 2. The summed E-state index contributed by atoms with van der Waals surface area (Å²) in [4.78, 5) is 8.46. The molecule has 0 spiro atoms. The number of rotatable bonds is 6. The van der Waals surface area contributed by atoms with Gasteiger partial charge in [-0.25, -0.2) is 0 Å². The van der Waals surface area contributed by atoms with Gasteiger partial charge in [0, 0.05) is 48.9 Å². The Morgan fingerprint density at radius 1 is 1.46 bits per heavy atom. The second kappa shape index (κ2) is 10.2. The molecule has 24 heavy (non-hydrogen) atoms. The third-order valence-electron chi connectivity index (χ3n) is 4.48. The van der Waals surface area contributed by atoms with E-state index in [1.54, 1.807) is 4.88 Å². The van der Waals surface area contributed by atoms with Crippen LogP contribution in [0, 0.1) is 0 Å². The van der Waals surface area contributed by atoms with E-state index >= 15 is 0 Å². The van der Waals surface area contributed by atoms with Crippen molar-refractivity contribution >= 4 is 53.0 Å². The van der Waals surface area contributed by atoms with Crippen molar-refractivity contribution in [2.75, 3.05) is 32.9 Å². The van der Waals surface area contributed by atoms with Gasteiger partial charge < -0.3 is 10.6 Å². The van der Waals surface area contributed by atoms with E-state index in [0.29, 0.717) is 6.04 Å². The highest BCUT2D eigenvalue weighted by atomic mass is 127. The summed E-state index contributed by atoms with van der Waals surface area (Å²) < 4.78 is 0.214. The van der Waals surface area contributed by atoms with Gasteiger partial charge in [-0.1, -0.05) is 0 Å².